The summed E-state index contributed by atoms with van der Waals surface area (Å²) in [5, 5.41) is 8.52. The number of aliphatic hydroxyl groups excluding tert-OH is 1. The van der Waals surface area contributed by atoms with Crippen LogP contribution in [-0.4, -0.2) is 77.1 Å². The van der Waals surface area contributed by atoms with Gasteiger partial charge in [0.25, 0.3) is 0 Å². The first-order valence-corrected chi connectivity index (χ1v) is 9.88. The maximum atomic E-state index is 11.5. The van der Waals surface area contributed by atoms with E-state index >= 15 is 0 Å². The second-order valence-corrected chi connectivity index (χ2v) is 5.91. The molecular weight excluding hydrogens is 340 g/mol. The van der Waals surface area contributed by atoms with Gasteiger partial charge in [0.05, 0.1) is 59.5 Å². The van der Waals surface area contributed by atoms with E-state index in [1.54, 1.807) is 0 Å². The second-order valence-electron chi connectivity index (χ2n) is 5.91. The molecule has 0 aliphatic rings. The van der Waals surface area contributed by atoms with E-state index in [1.807, 2.05) is 0 Å². The number of rotatable bonds is 21. The Morgan fingerprint density at radius 2 is 1.12 bits per heavy atom. The van der Waals surface area contributed by atoms with Gasteiger partial charge in [-0.2, -0.15) is 0 Å². The molecule has 0 aliphatic heterocycles. The van der Waals surface area contributed by atoms with Gasteiger partial charge in [0.1, 0.15) is 6.61 Å². The summed E-state index contributed by atoms with van der Waals surface area (Å²) in [6.45, 7) is 6.16. The summed E-state index contributed by atoms with van der Waals surface area (Å²) in [5.74, 6) is -0.138. The van der Waals surface area contributed by atoms with Crippen molar-refractivity contribution in [3.63, 3.8) is 0 Å². The predicted molar refractivity (Wildman–Crippen MR) is 99.3 cm³/mol. The van der Waals surface area contributed by atoms with E-state index in [4.69, 9.17) is 28.8 Å². The fourth-order valence-corrected chi connectivity index (χ4v) is 2.16. The predicted octanol–water partition coefficient (Wildman–Crippen LogP) is 2.34. The summed E-state index contributed by atoms with van der Waals surface area (Å²) in [4.78, 5) is 11.5. The van der Waals surface area contributed by atoms with Crippen molar-refractivity contribution >= 4 is 5.97 Å². The summed E-state index contributed by atoms with van der Waals surface area (Å²) in [5.41, 5.74) is 0. The monoisotopic (exact) mass is 378 g/mol. The third kappa shape index (κ3) is 21.3. The highest BCUT2D eigenvalue weighted by Crippen LogP contribution is 2.07. The van der Waals surface area contributed by atoms with Gasteiger partial charge in [-0.3, -0.25) is 4.79 Å². The topological polar surface area (TPSA) is 83.5 Å². The Bertz CT molecular complexity index is 287. The third-order valence-corrected chi connectivity index (χ3v) is 3.58. The van der Waals surface area contributed by atoms with Gasteiger partial charge in [-0.25, -0.2) is 0 Å². The molecule has 156 valence electrons. The quantitative estimate of drug-likeness (QED) is 0.242. The minimum absolute atomic E-state index is 0.0292. The largest absolute Gasteiger partial charge is 0.463 e. The summed E-state index contributed by atoms with van der Waals surface area (Å²) in [6.07, 6.45) is 7.48. The Labute approximate surface area is 158 Å². The van der Waals surface area contributed by atoms with Crippen LogP contribution in [0.5, 0.6) is 0 Å². The molecule has 0 atom stereocenters. The van der Waals surface area contributed by atoms with Crippen molar-refractivity contribution in [2.24, 2.45) is 0 Å². The van der Waals surface area contributed by atoms with Crippen LogP contribution in [0.3, 0.4) is 0 Å². The Morgan fingerprint density at radius 1 is 0.654 bits per heavy atom. The zero-order valence-electron chi connectivity index (χ0n) is 16.4. The zero-order chi connectivity index (χ0) is 19.1. The van der Waals surface area contributed by atoms with Crippen LogP contribution in [0.1, 0.15) is 51.9 Å². The van der Waals surface area contributed by atoms with Gasteiger partial charge < -0.3 is 28.8 Å². The highest BCUT2D eigenvalue weighted by molar-refractivity contribution is 5.69. The van der Waals surface area contributed by atoms with E-state index in [-0.39, 0.29) is 12.6 Å². The van der Waals surface area contributed by atoms with Gasteiger partial charge in [-0.15, -0.1) is 0 Å². The highest BCUT2D eigenvalue weighted by atomic mass is 16.6. The molecule has 0 aliphatic carbocycles. The number of carbonyl (C=O) groups excluding carboxylic acids is 1. The Balaban J connectivity index is 3.11. The molecule has 0 aromatic carbocycles. The van der Waals surface area contributed by atoms with Gasteiger partial charge in [0.2, 0.25) is 0 Å². The summed E-state index contributed by atoms with van der Waals surface area (Å²) in [7, 11) is 0. The highest BCUT2D eigenvalue weighted by Gasteiger charge is 2.02. The number of unbranched alkanes of at least 4 members (excludes halogenated alkanes) is 5. The molecule has 0 spiro atoms. The molecule has 0 amide bonds. The average molecular weight is 379 g/mol. The molecule has 0 saturated heterocycles. The molecular formula is C19H38O7. The lowest BCUT2D eigenvalue weighted by Gasteiger charge is -2.08. The lowest BCUT2D eigenvalue weighted by molar-refractivity contribution is -0.145. The van der Waals surface area contributed by atoms with Crippen molar-refractivity contribution in [3.8, 4) is 0 Å². The fraction of sp³-hybridized carbons (Fsp3) is 0.947. The first kappa shape index (κ1) is 25.3. The van der Waals surface area contributed by atoms with Gasteiger partial charge in [-0.05, 0) is 6.42 Å². The number of esters is 1. The first-order chi connectivity index (χ1) is 12.8. The Morgan fingerprint density at radius 3 is 1.65 bits per heavy atom. The maximum Gasteiger partial charge on any atom is 0.305 e. The van der Waals surface area contributed by atoms with Crippen LogP contribution in [-0.2, 0) is 28.5 Å². The van der Waals surface area contributed by atoms with Crippen LogP contribution in [0.15, 0.2) is 0 Å². The molecule has 0 rings (SSSR count). The average Bonchev–Trinajstić information content (AvgIpc) is 2.65. The summed E-state index contributed by atoms with van der Waals surface area (Å²) in [6, 6.07) is 0. The van der Waals surface area contributed by atoms with E-state index in [0.29, 0.717) is 65.9 Å². The molecule has 0 saturated carbocycles. The number of hydrogen-bond acceptors (Lipinski definition) is 7. The SMILES string of the molecule is CCCCCCCCC(=O)OCCOCCOCCOCCOCCO. The fourth-order valence-electron chi connectivity index (χ4n) is 2.16. The smallest absolute Gasteiger partial charge is 0.305 e. The molecule has 0 fully saturated rings. The van der Waals surface area contributed by atoms with E-state index in [9.17, 15) is 4.79 Å². The Hall–Kier alpha value is -0.730. The van der Waals surface area contributed by atoms with E-state index < -0.39 is 0 Å². The number of carbonyl (C=O) groups is 1. The van der Waals surface area contributed by atoms with Crippen molar-refractivity contribution in [3.05, 3.63) is 0 Å². The van der Waals surface area contributed by atoms with E-state index in [2.05, 4.69) is 6.92 Å². The molecule has 0 unspecified atom stereocenters. The van der Waals surface area contributed by atoms with Gasteiger partial charge in [0.15, 0.2) is 0 Å². The maximum absolute atomic E-state index is 11.5. The molecule has 7 heteroatoms. The summed E-state index contributed by atoms with van der Waals surface area (Å²) < 4.78 is 26.1. The van der Waals surface area contributed by atoms with Crippen molar-refractivity contribution in [1.29, 1.82) is 0 Å². The second kappa shape index (κ2) is 22.3. The molecule has 0 heterocycles. The van der Waals surface area contributed by atoms with Crippen LogP contribution in [0.25, 0.3) is 0 Å². The van der Waals surface area contributed by atoms with Crippen molar-refractivity contribution in [2.45, 2.75) is 51.9 Å². The lowest BCUT2D eigenvalue weighted by Crippen LogP contribution is -2.14. The van der Waals surface area contributed by atoms with Crippen LogP contribution < -0.4 is 0 Å². The van der Waals surface area contributed by atoms with E-state index in [0.717, 1.165) is 12.8 Å². The number of hydrogen-bond donors (Lipinski definition) is 1. The minimum Gasteiger partial charge on any atom is -0.463 e. The normalized spacial score (nSPS) is 11.0. The first-order valence-electron chi connectivity index (χ1n) is 9.88. The van der Waals surface area contributed by atoms with Crippen LogP contribution >= 0.6 is 0 Å². The molecule has 0 aromatic rings. The molecule has 0 radical (unpaired) electrons. The van der Waals surface area contributed by atoms with Crippen molar-refractivity contribution < 1.29 is 33.6 Å². The molecule has 0 bridgehead atoms. The number of aliphatic hydroxyl groups is 1. The lowest BCUT2D eigenvalue weighted by atomic mass is 10.1. The minimum atomic E-state index is -0.138. The van der Waals surface area contributed by atoms with Crippen LogP contribution in [0.4, 0.5) is 0 Å². The molecule has 0 aromatic heterocycles. The molecule has 1 N–H and O–H groups in total. The standard InChI is InChI=1S/C19H38O7/c1-2-3-4-5-6-7-8-19(21)26-18-17-25-16-15-24-14-13-23-12-11-22-10-9-20/h20H,2-18H2,1H3. The van der Waals surface area contributed by atoms with Crippen molar-refractivity contribution in [2.75, 3.05) is 66.1 Å². The van der Waals surface area contributed by atoms with Gasteiger partial charge in [0, 0.05) is 6.42 Å². The van der Waals surface area contributed by atoms with Gasteiger partial charge in [-0.1, -0.05) is 39.0 Å². The van der Waals surface area contributed by atoms with Crippen LogP contribution in [0.2, 0.25) is 0 Å². The number of ether oxygens (including phenoxy) is 5. The summed E-state index contributed by atoms with van der Waals surface area (Å²) >= 11 is 0. The molecule has 26 heavy (non-hydrogen) atoms. The van der Waals surface area contributed by atoms with Crippen LogP contribution in [0, 0.1) is 0 Å². The van der Waals surface area contributed by atoms with Gasteiger partial charge >= 0.3 is 5.97 Å². The molecule has 7 nitrogen and oxygen atoms in total. The van der Waals surface area contributed by atoms with Crippen molar-refractivity contribution in [1.82, 2.24) is 0 Å². The zero-order valence-corrected chi connectivity index (χ0v) is 16.4. The Kier molecular flexibility index (Phi) is 21.7. The third-order valence-electron chi connectivity index (χ3n) is 3.58. The van der Waals surface area contributed by atoms with E-state index in [1.165, 1.54) is 25.7 Å².